The van der Waals surface area contributed by atoms with Crippen LogP contribution in [-0.2, 0) is 16.1 Å². The molecule has 1 N–H and O–H groups in total. The minimum Gasteiger partial charge on any atom is -0.497 e. The van der Waals surface area contributed by atoms with E-state index in [4.69, 9.17) is 9.47 Å². The zero-order valence-corrected chi connectivity index (χ0v) is 14.9. The lowest BCUT2D eigenvalue weighted by Crippen LogP contribution is -2.35. The third-order valence-electron chi connectivity index (χ3n) is 3.22. The molecule has 0 aliphatic heterocycles. The Morgan fingerprint density at radius 3 is 2.58 bits per heavy atom. The van der Waals surface area contributed by atoms with Crippen molar-refractivity contribution in [3.05, 3.63) is 58.3 Å². The van der Waals surface area contributed by atoms with E-state index in [0.29, 0.717) is 11.0 Å². The van der Waals surface area contributed by atoms with Gasteiger partial charge in [-0.15, -0.1) is 0 Å². The first kappa shape index (κ1) is 17.9. The molecule has 1 atom stereocenters. The van der Waals surface area contributed by atoms with Crippen molar-refractivity contribution >= 4 is 27.8 Å². The van der Waals surface area contributed by atoms with Gasteiger partial charge in [-0.05, 0) is 46.6 Å². The van der Waals surface area contributed by atoms with Gasteiger partial charge in [0.1, 0.15) is 5.75 Å². The molecule has 0 aliphatic carbocycles. The third-order valence-corrected chi connectivity index (χ3v) is 3.65. The van der Waals surface area contributed by atoms with Crippen LogP contribution in [0.3, 0.4) is 0 Å². The van der Waals surface area contributed by atoms with Gasteiger partial charge in [0.2, 0.25) is 0 Å². The van der Waals surface area contributed by atoms with Crippen LogP contribution in [0.1, 0.15) is 22.8 Å². The van der Waals surface area contributed by atoms with Gasteiger partial charge in [-0.1, -0.05) is 12.1 Å². The van der Waals surface area contributed by atoms with E-state index in [-0.39, 0.29) is 11.5 Å². The number of nitrogens with one attached hydrogen (secondary N) is 1. The van der Waals surface area contributed by atoms with Crippen LogP contribution >= 0.6 is 15.9 Å². The van der Waals surface area contributed by atoms with Crippen molar-refractivity contribution in [3.8, 4) is 5.75 Å². The Hall–Kier alpha value is -2.41. The molecule has 0 saturated carbocycles. The fraction of sp³-hybridized carbons (Fsp3) is 0.235. The van der Waals surface area contributed by atoms with Crippen LogP contribution in [-0.4, -0.2) is 30.1 Å². The van der Waals surface area contributed by atoms with Gasteiger partial charge in [-0.25, -0.2) is 4.79 Å². The van der Waals surface area contributed by atoms with E-state index in [9.17, 15) is 9.59 Å². The molecule has 0 spiro atoms. The van der Waals surface area contributed by atoms with Crippen molar-refractivity contribution in [3.63, 3.8) is 0 Å². The molecule has 0 radical (unpaired) electrons. The number of carbonyl (C=O) groups excluding carboxylic acids is 2. The van der Waals surface area contributed by atoms with E-state index in [0.717, 1.165) is 11.3 Å². The SMILES string of the molecule is COc1ccc(CNC(=O)[C@H](C)OC(=O)c2cncc(Br)c2)cc1. The van der Waals surface area contributed by atoms with Gasteiger partial charge in [0, 0.05) is 23.4 Å². The highest BCUT2D eigenvalue weighted by atomic mass is 79.9. The van der Waals surface area contributed by atoms with Crippen LogP contribution in [0.15, 0.2) is 47.2 Å². The van der Waals surface area contributed by atoms with Crippen molar-refractivity contribution in [2.45, 2.75) is 19.6 Å². The topological polar surface area (TPSA) is 77.5 Å². The number of amides is 1. The standard InChI is InChI=1S/C17H17BrN2O4/c1-11(24-17(22)13-7-14(18)10-19-9-13)16(21)20-8-12-3-5-15(23-2)6-4-12/h3-7,9-11H,8H2,1-2H3,(H,20,21)/t11-/m0/s1. The Morgan fingerprint density at radius 1 is 1.25 bits per heavy atom. The van der Waals surface area contributed by atoms with Gasteiger partial charge in [0.25, 0.3) is 5.91 Å². The fourth-order valence-electron chi connectivity index (χ4n) is 1.88. The van der Waals surface area contributed by atoms with E-state index < -0.39 is 12.1 Å². The number of ether oxygens (including phenoxy) is 2. The zero-order chi connectivity index (χ0) is 17.5. The van der Waals surface area contributed by atoms with Crippen molar-refractivity contribution in [1.82, 2.24) is 10.3 Å². The normalized spacial score (nSPS) is 11.5. The maximum Gasteiger partial charge on any atom is 0.340 e. The van der Waals surface area contributed by atoms with Crippen molar-refractivity contribution < 1.29 is 19.1 Å². The molecular weight excluding hydrogens is 376 g/mol. The lowest BCUT2D eigenvalue weighted by atomic mass is 10.2. The molecule has 7 heteroatoms. The van der Waals surface area contributed by atoms with Crippen LogP contribution in [0.5, 0.6) is 5.75 Å². The van der Waals surface area contributed by atoms with Gasteiger partial charge >= 0.3 is 5.97 Å². The summed E-state index contributed by atoms with van der Waals surface area (Å²) in [4.78, 5) is 27.9. The first-order chi connectivity index (χ1) is 11.5. The van der Waals surface area contributed by atoms with Crippen LogP contribution in [0.25, 0.3) is 0 Å². The molecule has 6 nitrogen and oxygen atoms in total. The zero-order valence-electron chi connectivity index (χ0n) is 13.3. The number of benzene rings is 1. The van der Waals surface area contributed by atoms with E-state index >= 15 is 0 Å². The summed E-state index contributed by atoms with van der Waals surface area (Å²) < 4.78 is 10.9. The first-order valence-electron chi connectivity index (χ1n) is 7.22. The van der Waals surface area contributed by atoms with Crippen LogP contribution in [0.4, 0.5) is 0 Å². The molecule has 1 aromatic heterocycles. The van der Waals surface area contributed by atoms with E-state index in [1.54, 1.807) is 19.4 Å². The second kappa shape index (κ2) is 8.44. The fourth-order valence-corrected chi connectivity index (χ4v) is 2.25. The lowest BCUT2D eigenvalue weighted by Gasteiger charge is -2.13. The molecule has 0 unspecified atom stereocenters. The monoisotopic (exact) mass is 392 g/mol. The number of carbonyl (C=O) groups is 2. The summed E-state index contributed by atoms with van der Waals surface area (Å²) in [6.07, 6.45) is 2.03. The van der Waals surface area contributed by atoms with Crippen LogP contribution in [0, 0.1) is 0 Å². The number of rotatable bonds is 6. The molecule has 2 aromatic rings. The Kier molecular flexibility index (Phi) is 6.31. The predicted octanol–water partition coefficient (Wildman–Crippen LogP) is 2.71. The second-order valence-electron chi connectivity index (χ2n) is 5.01. The smallest absolute Gasteiger partial charge is 0.340 e. The predicted molar refractivity (Wildman–Crippen MR) is 91.7 cm³/mol. The number of nitrogens with zero attached hydrogens (tertiary/aromatic N) is 1. The van der Waals surface area contributed by atoms with Gasteiger partial charge in [-0.3, -0.25) is 9.78 Å². The van der Waals surface area contributed by atoms with Gasteiger partial charge in [0.05, 0.1) is 12.7 Å². The van der Waals surface area contributed by atoms with Crippen molar-refractivity contribution in [2.75, 3.05) is 7.11 Å². The quantitative estimate of drug-likeness (QED) is 0.764. The molecule has 1 heterocycles. The molecule has 0 saturated heterocycles. The highest BCUT2D eigenvalue weighted by molar-refractivity contribution is 9.10. The number of esters is 1. The Balaban J connectivity index is 1.86. The number of methoxy groups -OCH3 is 1. The summed E-state index contributed by atoms with van der Waals surface area (Å²) in [6, 6.07) is 8.90. The maximum absolute atomic E-state index is 12.0. The number of hydrogen-bond acceptors (Lipinski definition) is 5. The average Bonchev–Trinajstić information content (AvgIpc) is 2.60. The molecule has 2 rings (SSSR count). The number of aromatic nitrogens is 1. The molecule has 126 valence electrons. The molecule has 0 aliphatic rings. The van der Waals surface area contributed by atoms with Gasteiger partial charge in [-0.2, -0.15) is 0 Å². The lowest BCUT2D eigenvalue weighted by molar-refractivity contribution is -0.129. The van der Waals surface area contributed by atoms with E-state index in [1.807, 2.05) is 24.3 Å². The van der Waals surface area contributed by atoms with E-state index in [2.05, 4.69) is 26.2 Å². The van der Waals surface area contributed by atoms with Crippen molar-refractivity contribution in [2.24, 2.45) is 0 Å². The minimum atomic E-state index is -0.908. The summed E-state index contributed by atoms with van der Waals surface area (Å²) >= 11 is 3.23. The first-order valence-corrected chi connectivity index (χ1v) is 8.01. The van der Waals surface area contributed by atoms with Crippen LogP contribution in [0.2, 0.25) is 0 Å². The highest BCUT2D eigenvalue weighted by Gasteiger charge is 2.19. The summed E-state index contributed by atoms with van der Waals surface area (Å²) in [5.41, 5.74) is 1.19. The Labute approximate surface area is 148 Å². The number of hydrogen-bond donors (Lipinski definition) is 1. The van der Waals surface area contributed by atoms with E-state index in [1.165, 1.54) is 13.1 Å². The summed E-state index contributed by atoms with van der Waals surface area (Å²) in [5, 5.41) is 2.72. The maximum atomic E-state index is 12.0. The number of pyridine rings is 1. The Morgan fingerprint density at radius 2 is 1.96 bits per heavy atom. The average molecular weight is 393 g/mol. The third kappa shape index (κ3) is 5.06. The molecule has 1 amide bonds. The van der Waals surface area contributed by atoms with Crippen molar-refractivity contribution in [1.29, 1.82) is 0 Å². The molecule has 24 heavy (non-hydrogen) atoms. The van der Waals surface area contributed by atoms with Gasteiger partial charge in [0.15, 0.2) is 6.10 Å². The summed E-state index contributed by atoms with van der Waals surface area (Å²) in [5.74, 6) is -0.229. The minimum absolute atomic E-state index is 0.277. The molecule has 1 aromatic carbocycles. The number of halogens is 1. The molecular formula is C17H17BrN2O4. The molecule has 0 bridgehead atoms. The molecule has 0 fully saturated rings. The van der Waals surface area contributed by atoms with Crippen LogP contribution < -0.4 is 10.1 Å². The van der Waals surface area contributed by atoms with Gasteiger partial charge < -0.3 is 14.8 Å². The Bertz CT molecular complexity index is 719. The highest BCUT2D eigenvalue weighted by Crippen LogP contribution is 2.12. The summed E-state index contributed by atoms with van der Waals surface area (Å²) in [7, 11) is 1.59. The summed E-state index contributed by atoms with van der Waals surface area (Å²) in [6.45, 7) is 1.86. The largest absolute Gasteiger partial charge is 0.497 e. The second-order valence-corrected chi connectivity index (χ2v) is 5.92.